The average Bonchev–Trinajstić information content (AvgIpc) is 3.64. The lowest BCUT2D eigenvalue weighted by Crippen LogP contribution is -2.29. The number of hydrogen-bond donors (Lipinski definition) is 2. The fourth-order valence-electron chi connectivity index (χ4n) is 8.81. The van der Waals surface area contributed by atoms with E-state index >= 15 is 0 Å². The number of ether oxygens (including phenoxy) is 2. The van der Waals surface area contributed by atoms with Crippen LogP contribution in [0.15, 0.2) is 182 Å². The highest BCUT2D eigenvalue weighted by atomic mass is 31.2. The molecule has 0 rings (SSSR count). The van der Waals surface area contributed by atoms with Crippen molar-refractivity contribution in [1.29, 1.82) is 0 Å². The number of allylic oxidation sites excluding steroid dienone is 30. The summed E-state index contributed by atoms with van der Waals surface area (Å²) in [6.45, 7) is 3.46. The zero-order valence-corrected chi connectivity index (χ0v) is 55.8. The smallest absolute Gasteiger partial charge is 0.462 e. The van der Waals surface area contributed by atoms with Gasteiger partial charge in [-0.3, -0.25) is 18.6 Å². The summed E-state index contributed by atoms with van der Waals surface area (Å²) in [6.07, 6.45) is 105. The Kier molecular flexibility index (Phi) is 66.3. The summed E-state index contributed by atoms with van der Waals surface area (Å²) >= 11 is 0. The predicted molar refractivity (Wildman–Crippen MR) is 376 cm³/mol. The standard InChI is InChI=1S/C77H124NO8P/c1-3-5-7-9-11-13-15-17-19-21-23-25-27-29-31-33-35-37-39-41-43-45-47-49-51-53-55-57-59-61-63-65-67-69-76(79)83-73-75(74-85-87(81,82)84-72-71-78)86-77(80)70-68-66-64-62-60-58-56-54-52-50-48-46-44-42-40-38-36-34-32-30-28-26-24-22-20-18-16-14-12-10-8-6-4-2/h5-8,11-14,17-20,23-26,29-32,36,38,42,44,48,50,54,56,60,62,75H,3-4,9-10,15-16,21-22,27-28,33-35,37,39-41,43,45-47,49,51-53,55,57-59,61,63-74,78H2,1-2H3,(H,81,82)/b7-5-,8-6-,13-11-,14-12-,19-17-,20-18-,25-23-,26-24-,31-29-,32-30-,38-36-,44-42-,50-48-,56-54-,62-60-. The van der Waals surface area contributed by atoms with Gasteiger partial charge in [-0.25, -0.2) is 4.57 Å². The molecule has 0 aliphatic carbocycles. The molecule has 0 aliphatic rings. The van der Waals surface area contributed by atoms with E-state index in [1.807, 2.05) is 0 Å². The summed E-state index contributed by atoms with van der Waals surface area (Å²) in [5, 5.41) is 0. The minimum Gasteiger partial charge on any atom is -0.462 e. The Bertz CT molecular complexity index is 2080. The number of nitrogens with two attached hydrogens (primary N) is 1. The first-order valence-corrected chi connectivity index (χ1v) is 35.8. The second-order valence-corrected chi connectivity index (χ2v) is 23.4. The van der Waals surface area contributed by atoms with Crippen molar-refractivity contribution in [3.05, 3.63) is 182 Å². The van der Waals surface area contributed by atoms with Crippen molar-refractivity contribution in [3.8, 4) is 0 Å². The number of carbonyl (C=O) groups excluding carboxylic acids is 2. The molecule has 10 heteroatoms. The summed E-state index contributed by atoms with van der Waals surface area (Å²) in [7, 11) is -4.42. The van der Waals surface area contributed by atoms with Gasteiger partial charge in [0.05, 0.1) is 13.2 Å². The molecule has 9 nitrogen and oxygen atoms in total. The van der Waals surface area contributed by atoms with Crippen LogP contribution < -0.4 is 5.73 Å². The Balaban J connectivity index is 4.03. The minimum atomic E-state index is -4.42. The van der Waals surface area contributed by atoms with E-state index in [-0.39, 0.29) is 32.6 Å². The van der Waals surface area contributed by atoms with Crippen molar-refractivity contribution in [3.63, 3.8) is 0 Å². The average molecular weight is 1220 g/mol. The first-order valence-electron chi connectivity index (χ1n) is 34.3. The van der Waals surface area contributed by atoms with Gasteiger partial charge in [-0.05, 0) is 135 Å². The fourth-order valence-corrected chi connectivity index (χ4v) is 9.57. The van der Waals surface area contributed by atoms with Crippen molar-refractivity contribution < 1.29 is 37.6 Å². The molecule has 0 heterocycles. The molecule has 0 radical (unpaired) electrons. The molecule has 2 atom stereocenters. The third-order valence-corrected chi connectivity index (χ3v) is 14.8. The van der Waals surface area contributed by atoms with E-state index in [1.165, 1.54) is 96.3 Å². The first-order chi connectivity index (χ1) is 42.8. The number of phosphoric acid groups is 1. The summed E-state index contributed by atoms with van der Waals surface area (Å²) in [4.78, 5) is 35.3. The van der Waals surface area contributed by atoms with E-state index in [9.17, 15) is 19.0 Å². The summed E-state index contributed by atoms with van der Waals surface area (Å²) in [5.41, 5.74) is 5.39. The van der Waals surface area contributed by atoms with E-state index in [2.05, 4.69) is 196 Å². The maximum atomic E-state index is 12.7. The summed E-state index contributed by atoms with van der Waals surface area (Å²) in [5.74, 6) is -0.887. The highest BCUT2D eigenvalue weighted by Gasteiger charge is 2.26. The quantitative estimate of drug-likeness (QED) is 0.0264. The number of carbonyl (C=O) groups is 2. The molecule has 3 N–H and O–H groups in total. The topological polar surface area (TPSA) is 134 Å². The van der Waals surface area contributed by atoms with Crippen LogP contribution in [0, 0.1) is 0 Å². The highest BCUT2D eigenvalue weighted by Crippen LogP contribution is 2.43. The Hall–Kier alpha value is -4.89. The van der Waals surface area contributed by atoms with Crippen molar-refractivity contribution in [2.75, 3.05) is 26.4 Å². The highest BCUT2D eigenvalue weighted by molar-refractivity contribution is 7.47. The monoisotopic (exact) mass is 1220 g/mol. The number of unbranched alkanes of at least 4 members (excludes halogenated alkanes) is 19. The van der Waals surface area contributed by atoms with Crippen LogP contribution in [0.4, 0.5) is 0 Å². The van der Waals surface area contributed by atoms with E-state index < -0.39 is 32.5 Å². The Morgan fingerprint density at radius 1 is 0.345 bits per heavy atom. The van der Waals surface area contributed by atoms with Gasteiger partial charge in [0.15, 0.2) is 6.10 Å². The molecule has 0 spiro atoms. The third kappa shape index (κ3) is 70.1. The van der Waals surface area contributed by atoms with Crippen LogP contribution in [-0.2, 0) is 32.7 Å². The van der Waals surface area contributed by atoms with Crippen molar-refractivity contribution in [2.24, 2.45) is 5.73 Å². The second-order valence-electron chi connectivity index (χ2n) is 21.9. The van der Waals surface area contributed by atoms with Crippen molar-refractivity contribution in [2.45, 2.75) is 264 Å². The predicted octanol–water partition coefficient (Wildman–Crippen LogP) is 22.7. The van der Waals surface area contributed by atoms with Crippen LogP contribution in [0.5, 0.6) is 0 Å². The van der Waals surface area contributed by atoms with Gasteiger partial charge in [-0.15, -0.1) is 0 Å². The molecule has 0 saturated carbocycles. The molecule has 0 amide bonds. The number of hydrogen-bond acceptors (Lipinski definition) is 8. The zero-order chi connectivity index (χ0) is 63.0. The molecule has 0 bridgehead atoms. The van der Waals surface area contributed by atoms with Crippen LogP contribution in [-0.4, -0.2) is 49.3 Å². The number of rotatable bonds is 62. The van der Waals surface area contributed by atoms with Gasteiger partial charge in [0.1, 0.15) is 6.61 Å². The molecular formula is C77H124NO8P. The lowest BCUT2D eigenvalue weighted by atomic mass is 10.0. The lowest BCUT2D eigenvalue weighted by molar-refractivity contribution is -0.161. The van der Waals surface area contributed by atoms with Crippen molar-refractivity contribution in [1.82, 2.24) is 0 Å². The first kappa shape index (κ1) is 82.1. The SMILES string of the molecule is CC/C=C\C/C=C\C/C=C\C/C=C\C/C=C\C/C=C\C/C=C\C/C=C\C/C=C\C/C=C\CCCCC(=O)OC(COC(=O)CCCCCCCCCCCCCCCCCCC/C=C\C/C=C\C/C=C\C/C=C\C/C=C\CC)COP(=O)(O)OCCN. The normalized spacial score (nSPS) is 14.1. The van der Waals surface area contributed by atoms with Gasteiger partial charge >= 0.3 is 19.8 Å². The molecule has 490 valence electrons. The molecule has 87 heavy (non-hydrogen) atoms. The molecule has 0 saturated heterocycles. The summed E-state index contributed by atoms with van der Waals surface area (Å²) < 4.78 is 33.1. The maximum Gasteiger partial charge on any atom is 0.472 e. The van der Waals surface area contributed by atoms with Crippen LogP contribution in [0.25, 0.3) is 0 Å². The maximum absolute atomic E-state index is 12.7. The van der Waals surface area contributed by atoms with Crippen LogP contribution in [0.2, 0.25) is 0 Å². The Morgan fingerprint density at radius 3 is 0.908 bits per heavy atom. The van der Waals surface area contributed by atoms with Gasteiger partial charge in [0, 0.05) is 19.4 Å². The second kappa shape index (κ2) is 70.2. The third-order valence-electron chi connectivity index (χ3n) is 13.8. The van der Waals surface area contributed by atoms with Gasteiger partial charge in [-0.2, -0.15) is 0 Å². The minimum absolute atomic E-state index is 0.0372. The van der Waals surface area contributed by atoms with E-state index in [0.29, 0.717) is 6.42 Å². The molecule has 0 aromatic carbocycles. The van der Waals surface area contributed by atoms with E-state index in [1.54, 1.807) is 0 Å². The van der Waals surface area contributed by atoms with Gasteiger partial charge in [0.25, 0.3) is 0 Å². The molecule has 0 aromatic heterocycles. The van der Waals surface area contributed by atoms with Crippen LogP contribution >= 0.6 is 7.82 Å². The lowest BCUT2D eigenvalue weighted by Gasteiger charge is -2.19. The van der Waals surface area contributed by atoms with E-state index in [4.69, 9.17) is 24.3 Å². The summed E-state index contributed by atoms with van der Waals surface area (Å²) in [6, 6.07) is 0. The van der Waals surface area contributed by atoms with Gasteiger partial charge in [0.2, 0.25) is 0 Å². The molecule has 0 aromatic rings. The van der Waals surface area contributed by atoms with Gasteiger partial charge in [-0.1, -0.05) is 292 Å². The number of esters is 2. The molecular weight excluding hydrogens is 1100 g/mol. The fraction of sp³-hybridized carbons (Fsp3) is 0.584. The molecule has 0 fully saturated rings. The zero-order valence-electron chi connectivity index (χ0n) is 54.9. The van der Waals surface area contributed by atoms with E-state index in [0.717, 1.165) is 128 Å². The van der Waals surface area contributed by atoms with Crippen molar-refractivity contribution >= 4 is 19.8 Å². The van der Waals surface area contributed by atoms with Crippen LogP contribution in [0.1, 0.15) is 258 Å². The Morgan fingerprint density at radius 2 is 0.598 bits per heavy atom. The number of phosphoric ester groups is 1. The largest absolute Gasteiger partial charge is 0.472 e. The Labute approximate surface area is 533 Å². The molecule has 0 aliphatic heterocycles. The van der Waals surface area contributed by atoms with Crippen LogP contribution in [0.3, 0.4) is 0 Å². The molecule has 2 unspecified atom stereocenters. The van der Waals surface area contributed by atoms with Gasteiger partial charge < -0.3 is 20.1 Å².